The Bertz CT molecular complexity index is 1140. The molecule has 0 aromatic heterocycles. The first-order valence-electron chi connectivity index (χ1n) is 11.4. The number of hydrogen-bond acceptors (Lipinski definition) is 5. The number of sulfonamides is 1. The number of ether oxygens (including phenoxy) is 2. The highest BCUT2D eigenvalue weighted by molar-refractivity contribution is 7.89. The van der Waals surface area contributed by atoms with Crippen LogP contribution < -0.4 is 14.4 Å². The molecule has 0 radical (unpaired) electrons. The number of methoxy groups -OCH3 is 1. The zero-order valence-corrected chi connectivity index (χ0v) is 20.0. The average molecular weight is 499 g/mol. The number of nitrogens with zero attached hydrogens (tertiary/aromatic N) is 1. The predicted molar refractivity (Wildman–Crippen MR) is 123 cm³/mol. The minimum atomic E-state index is -4.65. The average Bonchev–Trinajstić information content (AvgIpc) is 3.26. The normalized spacial score (nSPS) is 20.9. The van der Waals surface area contributed by atoms with Crippen molar-refractivity contribution in [3.63, 3.8) is 0 Å². The molecule has 2 aromatic carbocycles. The van der Waals surface area contributed by atoms with Gasteiger partial charge >= 0.3 is 6.18 Å². The Kier molecular flexibility index (Phi) is 7.12. The Morgan fingerprint density at radius 1 is 1.12 bits per heavy atom. The van der Waals surface area contributed by atoms with Crippen LogP contribution in [0.5, 0.6) is 5.75 Å². The maximum Gasteiger partial charge on any atom is 0.416 e. The van der Waals surface area contributed by atoms with Gasteiger partial charge in [0.25, 0.3) is 0 Å². The Labute approximate surface area is 198 Å². The summed E-state index contributed by atoms with van der Waals surface area (Å²) >= 11 is 0. The van der Waals surface area contributed by atoms with E-state index >= 15 is 0 Å². The summed E-state index contributed by atoms with van der Waals surface area (Å²) in [5.74, 6) is 0.738. The Morgan fingerprint density at radius 3 is 2.62 bits per heavy atom. The van der Waals surface area contributed by atoms with Crippen LogP contribution in [0.15, 0.2) is 41.3 Å². The molecule has 186 valence electrons. The van der Waals surface area contributed by atoms with E-state index in [0.29, 0.717) is 45.4 Å². The molecule has 0 bridgehead atoms. The first-order valence-corrected chi connectivity index (χ1v) is 12.8. The Balaban J connectivity index is 1.61. The molecule has 2 atom stereocenters. The number of benzene rings is 2. The fourth-order valence-electron chi connectivity index (χ4n) is 4.73. The summed E-state index contributed by atoms with van der Waals surface area (Å²) in [6, 6.07) is 8.19. The van der Waals surface area contributed by atoms with Gasteiger partial charge in [-0.05, 0) is 74.1 Å². The Morgan fingerprint density at radius 2 is 1.91 bits per heavy atom. The summed E-state index contributed by atoms with van der Waals surface area (Å²) in [5, 5.41) is 0. The molecule has 34 heavy (non-hydrogen) atoms. The summed E-state index contributed by atoms with van der Waals surface area (Å²) in [7, 11) is -2.62. The van der Waals surface area contributed by atoms with E-state index in [1.165, 1.54) is 6.07 Å². The smallest absolute Gasteiger partial charge is 0.416 e. The first-order chi connectivity index (χ1) is 16.1. The number of rotatable bonds is 7. The molecule has 1 fully saturated rings. The van der Waals surface area contributed by atoms with Crippen LogP contribution in [-0.4, -0.2) is 47.4 Å². The summed E-state index contributed by atoms with van der Waals surface area (Å²) < 4.78 is 80.8. The van der Waals surface area contributed by atoms with E-state index < -0.39 is 27.8 Å². The number of anilines is 1. The molecule has 6 nitrogen and oxygen atoms in total. The molecule has 1 aliphatic heterocycles. The molecule has 2 aromatic rings. The molecule has 4 rings (SSSR count). The van der Waals surface area contributed by atoms with Gasteiger partial charge < -0.3 is 14.4 Å². The van der Waals surface area contributed by atoms with Crippen LogP contribution in [0.4, 0.5) is 18.9 Å². The van der Waals surface area contributed by atoms with Gasteiger partial charge in [-0.3, -0.25) is 0 Å². The lowest BCUT2D eigenvalue weighted by atomic mass is 9.89. The summed E-state index contributed by atoms with van der Waals surface area (Å²) in [6.07, 6.45) is -2.39. The molecule has 10 heteroatoms. The zero-order chi connectivity index (χ0) is 24.5. The van der Waals surface area contributed by atoms with Crippen LogP contribution in [0.1, 0.15) is 36.5 Å². The van der Waals surface area contributed by atoms with Crippen LogP contribution in [0.2, 0.25) is 0 Å². The lowest BCUT2D eigenvalue weighted by Gasteiger charge is -2.28. The second-order valence-corrected chi connectivity index (χ2v) is 10.4. The molecule has 1 unspecified atom stereocenters. The second kappa shape index (κ2) is 9.75. The van der Waals surface area contributed by atoms with Crippen molar-refractivity contribution in [2.45, 2.75) is 55.8 Å². The monoisotopic (exact) mass is 498 g/mol. The van der Waals surface area contributed by atoms with Crippen LogP contribution >= 0.6 is 0 Å². The number of nitrogens with one attached hydrogen (secondary N) is 1. The number of hydrogen-bond donors (Lipinski definition) is 1. The predicted octanol–water partition coefficient (Wildman–Crippen LogP) is 4.17. The summed E-state index contributed by atoms with van der Waals surface area (Å²) in [4.78, 5) is 1.44. The minimum absolute atomic E-state index is 0.0809. The van der Waals surface area contributed by atoms with Crippen LogP contribution in [0, 0.1) is 0 Å². The van der Waals surface area contributed by atoms with Gasteiger partial charge in [0.15, 0.2) is 0 Å². The molecule has 0 saturated carbocycles. The third kappa shape index (κ3) is 5.34. The molecule has 1 aliphatic carbocycles. The summed E-state index contributed by atoms with van der Waals surface area (Å²) in [6.45, 7) is 3.34. The van der Waals surface area contributed by atoms with Crippen molar-refractivity contribution >= 4 is 15.7 Å². The molecule has 0 amide bonds. The molecule has 2 aliphatic rings. The van der Waals surface area contributed by atoms with Crippen molar-refractivity contribution in [1.82, 2.24) is 4.72 Å². The second-order valence-electron chi connectivity index (χ2n) is 8.69. The van der Waals surface area contributed by atoms with Crippen molar-refractivity contribution < 1.29 is 31.1 Å². The number of aryl methyl sites for hydroxylation is 1. The van der Waals surface area contributed by atoms with Gasteiger partial charge in [0.05, 0.1) is 24.5 Å². The van der Waals surface area contributed by atoms with Crippen molar-refractivity contribution in [3.8, 4) is 5.75 Å². The molecule has 1 saturated heterocycles. The van der Waals surface area contributed by atoms with Crippen molar-refractivity contribution in [3.05, 3.63) is 53.1 Å². The van der Waals surface area contributed by atoms with Crippen molar-refractivity contribution in [2.75, 3.05) is 31.7 Å². The highest BCUT2D eigenvalue weighted by Gasteiger charge is 2.36. The topological polar surface area (TPSA) is 67.9 Å². The maximum atomic E-state index is 13.5. The van der Waals surface area contributed by atoms with E-state index in [9.17, 15) is 21.6 Å². The third-order valence-electron chi connectivity index (χ3n) is 6.43. The zero-order valence-electron chi connectivity index (χ0n) is 19.2. The SMILES string of the molecule is CCO[C@@H]1CCN(c2ccc(C(F)(F)F)cc2S(=O)(=O)NC2CCc3cc(OC)ccc3C2)C1. The van der Waals surface area contributed by atoms with Crippen LogP contribution in [-0.2, 0) is 33.8 Å². The molecule has 1 heterocycles. The molecule has 1 N–H and O–H groups in total. The first kappa shape index (κ1) is 24.8. The van der Waals surface area contributed by atoms with E-state index in [0.717, 1.165) is 29.0 Å². The highest BCUT2D eigenvalue weighted by atomic mass is 32.2. The maximum absolute atomic E-state index is 13.5. The highest BCUT2D eigenvalue weighted by Crippen LogP contribution is 2.36. The number of alkyl halides is 3. The molecule has 0 spiro atoms. The van der Waals surface area contributed by atoms with Gasteiger partial charge in [0, 0.05) is 25.7 Å². The molecular formula is C24H29F3N2O4S. The summed E-state index contributed by atoms with van der Waals surface area (Å²) in [5.41, 5.74) is 1.37. The molecular weight excluding hydrogens is 469 g/mol. The van der Waals surface area contributed by atoms with Crippen molar-refractivity contribution in [1.29, 1.82) is 0 Å². The number of fused-ring (bicyclic) bond motifs is 1. The Hall–Kier alpha value is -2.30. The fourth-order valence-corrected chi connectivity index (χ4v) is 6.25. The van der Waals surface area contributed by atoms with E-state index in [2.05, 4.69) is 4.72 Å². The van der Waals surface area contributed by atoms with Crippen LogP contribution in [0.25, 0.3) is 0 Å². The van der Waals surface area contributed by atoms with Gasteiger partial charge in [-0.15, -0.1) is 0 Å². The van der Waals surface area contributed by atoms with E-state index in [4.69, 9.17) is 9.47 Å². The quantitative estimate of drug-likeness (QED) is 0.621. The van der Waals surface area contributed by atoms with Crippen LogP contribution in [0.3, 0.4) is 0 Å². The van der Waals surface area contributed by atoms with Gasteiger partial charge in [-0.2, -0.15) is 13.2 Å². The lowest BCUT2D eigenvalue weighted by molar-refractivity contribution is -0.137. The van der Waals surface area contributed by atoms with Gasteiger partial charge in [0.2, 0.25) is 10.0 Å². The van der Waals surface area contributed by atoms with E-state index in [-0.39, 0.29) is 16.7 Å². The van der Waals surface area contributed by atoms with Gasteiger partial charge in [0.1, 0.15) is 10.6 Å². The van der Waals surface area contributed by atoms with Gasteiger partial charge in [-0.25, -0.2) is 13.1 Å². The van der Waals surface area contributed by atoms with Gasteiger partial charge in [-0.1, -0.05) is 6.07 Å². The fraction of sp³-hybridized carbons (Fsp3) is 0.500. The largest absolute Gasteiger partial charge is 0.497 e. The lowest BCUT2D eigenvalue weighted by Crippen LogP contribution is -2.39. The van der Waals surface area contributed by atoms with E-state index in [1.807, 2.05) is 25.1 Å². The van der Waals surface area contributed by atoms with Crippen molar-refractivity contribution in [2.24, 2.45) is 0 Å². The third-order valence-corrected chi connectivity index (χ3v) is 7.98. The number of halogens is 3. The van der Waals surface area contributed by atoms with E-state index in [1.54, 1.807) is 12.0 Å². The standard InChI is InChI=1S/C24H29F3N2O4S/c1-3-33-21-10-11-29(15-21)22-9-6-18(24(25,26)27)14-23(22)34(30,31)28-19-7-4-17-13-20(32-2)8-5-16(17)12-19/h5-6,8-9,13-14,19,21,28H,3-4,7,10-12,15H2,1-2H3/t19?,21-/m1/s1. The minimum Gasteiger partial charge on any atom is -0.497 e.